The third-order valence-electron chi connectivity index (χ3n) is 3.30. The van der Waals surface area contributed by atoms with Crippen molar-refractivity contribution in [3.8, 4) is 0 Å². The third-order valence-corrected chi connectivity index (χ3v) is 3.30. The van der Waals surface area contributed by atoms with Gasteiger partial charge in [0, 0.05) is 25.3 Å². The van der Waals surface area contributed by atoms with Crippen LogP contribution in [-0.4, -0.2) is 43.6 Å². The fourth-order valence-electron chi connectivity index (χ4n) is 2.23. The van der Waals surface area contributed by atoms with E-state index < -0.39 is 0 Å². The van der Waals surface area contributed by atoms with Gasteiger partial charge in [-0.15, -0.1) is 0 Å². The van der Waals surface area contributed by atoms with Gasteiger partial charge in [-0.3, -0.25) is 4.90 Å². The van der Waals surface area contributed by atoms with Crippen molar-refractivity contribution in [3.05, 3.63) is 34.8 Å². The number of fused-ring (bicyclic) bond motifs is 1. The first kappa shape index (κ1) is 12.4. The molecule has 0 atom stereocenters. The molecule has 0 N–H and O–H groups in total. The summed E-state index contributed by atoms with van der Waals surface area (Å²) >= 11 is 0. The molecule has 0 bridgehead atoms. The van der Waals surface area contributed by atoms with Gasteiger partial charge in [0.15, 0.2) is 0 Å². The molecule has 6 nitrogen and oxygen atoms in total. The van der Waals surface area contributed by atoms with Crippen LogP contribution < -0.4 is 5.17 Å². The van der Waals surface area contributed by atoms with Crippen LogP contribution in [0.1, 0.15) is 6.42 Å². The molecule has 0 radical (unpaired) electrons. The van der Waals surface area contributed by atoms with E-state index >= 15 is 0 Å². The Balaban J connectivity index is 1.60. The number of benzene rings is 1. The molecule has 0 aliphatic carbocycles. The summed E-state index contributed by atoms with van der Waals surface area (Å²) < 4.78 is 5.30. The number of rotatable bonds is 3. The standard InChI is InChI=1S/C13H16N4O2/c18-17-12-4-2-1-3-11(12)14-13(15-17)5-6-16-7-9-19-10-8-16/h1-4H,5-10H2/q-2. The van der Waals surface area contributed by atoms with Crippen molar-refractivity contribution < 1.29 is 4.74 Å². The Morgan fingerprint density at radius 2 is 2.05 bits per heavy atom. The molecule has 19 heavy (non-hydrogen) atoms. The molecular formula is C13H16N4O2-2. The minimum absolute atomic E-state index is 0.512. The van der Waals surface area contributed by atoms with Crippen molar-refractivity contribution in [1.29, 1.82) is 0 Å². The van der Waals surface area contributed by atoms with Crippen LogP contribution in [0.2, 0.25) is 0 Å². The van der Waals surface area contributed by atoms with Crippen LogP contribution in [0.4, 0.5) is 11.4 Å². The van der Waals surface area contributed by atoms with Crippen LogP contribution in [0, 0.1) is 5.21 Å². The number of para-hydroxylation sites is 2. The summed E-state index contributed by atoms with van der Waals surface area (Å²) in [6.45, 7) is 4.29. The lowest BCUT2D eigenvalue weighted by Crippen LogP contribution is -2.37. The summed E-state index contributed by atoms with van der Waals surface area (Å²) in [5.74, 6) is 0.597. The number of nitrogens with zero attached hydrogens (tertiary/aromatic N) is 4. The molecule has 0 amide bonds. The minimum atomic E-state index is 0.512. The minimum Gasteiger partial charge on any atom is -0.755 e. The third kappa shape index (κ3) is 2.86. The highest BCUT2D eigenvalue weighted by Gasteiger charge is 2.10. The normalized spacial score (nSPS) is 19.6. The highest BCUT2D eigenvalue weighted by atomic mass is 16.5. The van der Waals surface area contributed by atoms with E-state index in [0.29, 0.717) is 28.8 Å². The van der Waals surface area contributed by atoms with Crippen molar-refractivity contribution in [1.82, 2.24) is 4.90 Å². The molecule has 1 aromatic rings. The van der Waals surface area contributed by atoms with Gasteiger partial charge in [-0.05, 0) is 18.2 Å². The van der Waals surface area contributed by atoms with E-state index in [4.69, 9.17) is 4.74 Å². The maximum atomic E-state index is 11.8. The van der Waals surface area contributed by atoms with Crippen molar-refractivity contribution in [2.24, 2.45) is 5.10 Å². The molecule has 1 fully saturated rings. The number of hydrogen-bond acceptors (Lipinski definition) is 5. The van der Waals surface area contributed by atoms with Crippen LogP contribution in [0.25, 0.3) is 5.32 Å². The lowest BCUT2D eigenvalue weighted by Gasteiger charge is -2.42. The van der Waals surface area contributed by atoms with Gasteiger partial charge < -0.3 is 25.5 Å². The molecule has 2 aliphatic rings. The Labute approximate surface area is 112 Å². The van der Waals surface area contributed by atoms with Gasteiger partial charge in [0.25, 0.3) is 0 Å². The first-order valence-electron chi connectivity index (χ1n) is 6.48. The van der Waals surface area contributed by atoms with E-state index in [1.807, 2.05) is 18.2 Å². The van der Waals surface area contributed by atoms with Gasteiger partial charge in [0.05, 0.1) is 13.2 Å². The van der Waals surface area contributed by atoms with E-state index in [1.165, 1.54) is 0 Å². The van der Waals surface area contributed by atoms with Crippen LogP contribution in [0.3, 0.4) is 0 Å². The van der Waals surface area contributed by atoms with Gasteiger partial charge in [-0.25, -0.2) is 0 Å². The highest BCUT2D eigenvalue weighted by Crippen LogP contribution is 2.36. The second-order valence-electron chi connectivity index (χ2n) is 4.59. The van der Waals surface area contributed by atoms with Crippen LogP contribution >= 0.6 is 0 Å². The van der Waals surface area contributed by atoms with Crippen LogP contribution in [0.15, 0.2) is 29.4 Å². The Hall–Kier alpha value is -1.63. The second-order valence-corrected chi connectivity index (χ2v) is 4.59. The zero-order valence-electron chi connectivity index (χ0n) is 10.7. The summed E-state index contributed by atoms with van der Waals surface area (Å²) in [4.78, 5) is 2.30. The number of morpholine rings is 1. The summed E-state index contributed by atoms with van der Waals surface area (Å²) in [6.07, 6.45) is 0.688. The van der Waals surface area contributed by atoms with Crippen molar-refractivity contribution in [2.75, 3.05) is 38.0 Å². The molecule has 0 unspecified atom stereocenters. The maximum Gasteiger partial charge on any atom is 0.0594 e. The summed E-state index contributed by atoms with van der Waals surface area (Å²) in [7, 11) is 0. The van der Waals surface area contributed by atoms with E-state index in [1.54, 1.807) is 6.07 Å². The van der Waals surface area contributed by atoms with Gasteiger partial charge in [-0.1, -0.05) is 24.0 Å². The Morgan fingerprint density at radius 3 is 2.89 bits per heavy atom. The molecule has 0 spiro atoms. The van der Waals surface area contributed by atoms with Gasteiger partial charge in [-0.2, -0.15) is 0 Å². The predicted molar refractivity (Wildman–Crippen MR) is 74.6 cm³/mol. The largest absolute Gasteiger partial charge is 0.755 e. The zero-order chi connectivity index (χ0) is 13.1. The SMILES string of the molecule is [O-]N1N=C(CCN2CCOCC2)[N-]c2ccccc21. The molecule has 6 heteroatoms. The van der Waals surface area contributed by atoms with Crippen LogP contribution in [-0.2, 0) is 4.74 Å². The molecule has 2 aliphatic heterocycles. The van der Waals surface area contributed by atoms with Crippen molar-refractivity contribution >= 4 is 17.2 Å². The van der Waals surface area contributed by atoms with Gasteiger partial charge in [0.1, 0.15) is 0 Å². The molecule has 0 aromatic heterocycles. The molecule has 102 valence electrons. The monoisotopic (exact) mass is 260 g/mol. The van der Waals surface area contributed by atoms with E-state index in [-0.39, 0.29) is 0 Å². The van der Waals surface area contributed by atoms with E-state index in [9.17, 15) is 5.21 Å². The highest BCUT2D eigenvalue weighted by molar-refractivity contribution is 6.06. The number of ether oxygens (including phenoxy) is 1. The Bertz CT molecular complexity index is 471. The number of hydrazone groups is 1. The average molecular weight is 260 g/mol. The number of hydrogen-bond donors (Lipinski definition) is 0. The van der Waals surface area contributed by atoms with Gasteiger partial charge >= 0.3 is 0 Å². The summed E-state index contributed by atoms with van der Waals surface area (Å²) in [6, 6.07) is 7.26. The fraction of sp³-hybridized carbons (Fsp3) is 0.462. The smallest absolute Gasteiger partial charge is 0.0594 e. The maximum absolute atomic E-state index is 11.8. The first-order valence-corrected chi connectivity index (χ1v) is 6.48. The lowest BCUT2D eigenvalue weighted by molar-refractivity contribution is 0.0392. The molecule has 0 saturated carbocycles. The van der Waals surface area contributed by atoms with Gasteiger partial charge in [0.2, 0.25) is 0 Å². The van der Waals surface area contributed by atoms with Crippen molar-refractivity contribution in [2.45, 2.75) is 6.42 Å². The summed E-state index contributed by atoms with van der Waals surface area (Å²) in [5.41, 5.74) is 1.21. The Kier molecular flexibility index (Phi) is 3.63. The topological polar surface area (TPSA) is 65.2 Å². The van der Waals surface area contributed by atoms with Crippen LogP contribution in [0.5, 0.6) is 0 Å². The number of anilines is 1. The quantitative estimate of drug-likeness (QED) is 0.834. The molecule has 1 aromatic carbocycles. The molecule has 3 rings (SSSR count). The second kappa shape index (κ2) is 5.56. The van der Waals surface area contributed by atoms with E-state index in [2.05, 4.69) is 15.3 Å². The molecular weight excluding hydrogens is 244 g/mol. The molecule has 1 saturated heterocycles. The lowest BCUT2D eigenvalue weighted by atomic mass is 10.2. The fourth-order valence-corrected chi connectivity index (χ4v) is 2.23. The summed E-state index contributed by atoms with van der Waals surface area (Å²) in [5, 5.41) is 20.9. The number of amidine groups is 1. The first-order chi connectivity index (χ1) is 9.33. The molecule has 2 heterocycles. The van der Waals surface area contributed by atoms with Crippen molar-refractivity contribution in [3.63, 3.8) is 0 Å². The van der Waals surface area contributed by atoms with E-state index in [0.717, 1.165) is 32.8 Å². The Morgan fingerprint density at radius 1 is 1.26 bits per heavy atom. The zero-order valence-corrected chi connectivity index (χ0v) is 10.7. The predicted octanol–water partition coefficient (Wildman–Crippen LogP) is 2.05. The average Bonchev–Trinajstić information content (AvgIpc) is 2.46.